The van der Waals surface area contributed by atoms with Crippen LogP contribution in [0.1, 0.15) is 20.3 Å². The smallest absolute Gasteiger partial charge is 0.219 e. The Bertz CT molecular complexity index is 665. The zero-order valence-electron chi connectivity index (χ0n) is 10.6. The molecule has 0 bridgehead atoms. The second-order valence-electron chi connectivity index (χ2n) is 5.02. The first-order chi connectivity index (χ1) is 8.72. The van der Waals surface area contributed by atoms with Gasteiger partial charge in [0, 0.05) is 12.5 Å². The summed E-state index contributed by atoms with van der Waals surface area (Å²) in [4.78, 5) is 15.2. The molecule has 1 aromatic carbocycles. The van der Waals surface area contributed by atoms with Crippen LogP contribution in [0.15, 0.2) is 12.1 Å². The number of carbonyl (C=O) groups is 1. The minimum atomic E-state index is -0.675. The molecule has 7 heteroatoms. The average molecular weight is 285 g/mol. The van der Waals surface area contributed by atoms with E-state index < -0.39 is 17.3 Å². The van der Waals surface area contributed by atoms with Crippen LogP contribution in [0.2, 0.25) is 5.02 Å². The first-order valence-electron chi connectivity index (χ1n) is 5.64. The molecule has 0 spiro atoms. The summed E-state index contributed by atoms with van der Waals surface area (Å²) in [6.45, 7) is 3.60. The summed E-state index contributed by atoms with van der Waals surface area (Å²) in [6, 6.07) is 2.66. The topological polar surface area (TPSA) is 86.9 Å². The normalized spacial score (nSPS) is 12.0. The first kappa shape index (κ1) is 13.6. The van der Waals surface area contributed by atoms with Gasteiger partial charge in [0.1, 0.15) is 5.82 Å². The Morgan fingerprint density at radius 3 is 2.74 bits per heavy atom. The van der Waals surface area contributed by atoms with E-state index in [2.05, 4.69) is 4.98 Å². The number of nitrogens with zero attached hydrogens (tertiary/aromatic N) is 2. The number of anilines is 1. The minimum Gasteiger partial charge on any atom is -0.370 e. The Labute approximate surface area is 114 Å². The Balaban J connectivity index is 2.69. The van der Waals surface area contributed by atoms with Gasteiger partial charge < -0.3 is 16.0 Å². The molecule has 0 radical (unpaired) electrons. The van der Waals surface area contributed by atoms with Gasteiger partial charge in [-0.25, -0.2) is 9.37 Å². The van der Waals surface area contributed by atoms with Crippen LogP contribution >= 0.6 is 11.6 Å². The average Bonchev–Trinajstić information content (AvgIpc) is 2.53. The molecule has 2 aromatic rings. The van der Waals surface area contributed by atoms with Crippen molar-refractivity contribution < 1.29 is 9.18 Å². The second kappa shape index (κ2) is 4.38. The summed E-state index contributed by atoms with van der Waals surface area (Å²) in [7, 11) is 0. The van der Waals surface area contributed by atoms with Gasteiger partial charge >= 0.3 is 0 Å². The van der Waals surface area contributed by atoms with Crippen LogP contribution in [0, 0.1) is 5.82 Å². The monoisotopic (exact) mass is 284 g/mol. The van der Waals surface area contributed by atoms with Crippen LogP contribution in [-0.2, 0) is 10.3 Å². The number of halogens is 2. The molecule has 0 aliphatic carbocycles. The Kier molecular flexibility index (Phi) is 3.14. The molecule has 0 fully saturated rings. The fraction of sp³-hybridized carbons (Fsp3) is 0.333. The second-order valence-corrected chi connectivity index (χ2v) is 5.42. The number of carbonyl (C=O) groups excluding carboxylic acids is 1. The van der Waals surface area contributed by atoms with E-state index in [0.717, 1.165) is 0 Å². The lowest BCUT2D eigenvalue weighted by molar-refractivity contribution is -0.119. The fourth-order valence-corrected chi connectivity index (χ4v) is 2.39. The molecule has 19 heavy (non-hydrogen) atoms. The Morgan fingerprint density at radius 1 is 1.53 bits per heavy atom. The largest absolute Gasteiger partial charge is 0.370 e. The molecule has 0 saturated heterocycles. The maximum atomic E-state index is 13.4. The van der Waals surface area contributed by atoms with E-state index in [9.17, 15) is 9.18 Å². The number of nitrogens with two attached hydrogens (primary N) is 2. The third-order valence-electron chi connectivity index (χ3n) is 2.93. The third kappa shape index (κ3) is 2.35. The maximum Gasteiger partial charge on any atom is 0.219 e. The molecule has 0 aliphatic heterocycles. The van der Waals surface area contributed by atoms with E-state index in [1.807, 2.05) is 0 Å². The summed E-state index contributed by atoms with van der Waals surface area (Å²) in [5.41, 5.74) is 11.4. The highest BCUT2D eigenvalue weighted by Gasteiger charge is 2.27. The van der Waals surface area contributed by atoms with Crippen molar-refractivity contribution in [2.45, 2.75) is 25.8 Å². The van der Waals surface area contributed by atoms with Gasteiger partial charge in [0.25, 0.3) is 0 Å². The zero-order chi connectivity index (χ0) is 14.4. The van der Waals surface area contributed by atoms with Gasteiger partial charge in [0.15, 0.2) is 0 Å². The Morgan fingerprint density at radius 2 is 2.16 bits per heavy atom. The molecule has 1 heterocycles. The molecule has 102 valence electrons. The summed E-state index contributed by atoms with van der Waals surface area (Å²) in [5.74, 6) is -0.839. The van der Waals surface area contributed by atoms with Crippen molar-refractivity contribution in [3.8, 4) is 0 Å². The number of aromatic nitrogens is 2. The van der Waals surface area contributed by atoms with Crippen LogP contribution in [0.3, 0.4) is 0 Å². The highest BCUT2D eigenvalue weighted by Crippen LogP contribution is 2.31. The number of amides is 1. The summed E-state index contributed by atoms with van der Waals surface area (Å²) < 4.78 is 15.0. The van der Waals surface area contributed by atoms with Crippen molar-refractivity contribution in [1.82, 2.24) is 9.55 Å². The van der Waals surface area contributed by atoms with Gasteiger partial charge in [-0.15, -0.1) is 0 Å². The predicted octanol–water partition coefficient (Wildman–Crippen LogP) is 2.02. The van der Waals surface area contributed by atoms with E-state index in [1.165, 1.54) is 12.1 Å². The molecule has 5 nitrogen and oxygen atoms in total. The van der Waals surface area contributed by atoms with Gasteiger partial charge in [-0.3, -0.25) is 4.79 Å². The van der Waals surface area contributed by atoms with E-state index in [4.69, 9.17) is 23.1 Å². The van der Waals surface area contributed by atoms with E-state index >= 15 is 0 Å². The van der Waals surface area contributed by atoms with Gasteiger partial charge in [-0.05, 0) is 19.9 Å². The molecule has 0 aliphatic rings. The maximum absolute atomic E-state index is 13.4. The molecular formula is C12H14ClFN4O. The number of hydrogen-bond acceptors (Lipinski definition) is 3. The molecule has 0 atom stereocenters. The van der Waals surface area contributed by atoms with Crippen LogP contribution in [0.4, 0.5) is 10.3 Å². The van der Waals surface area contributed by atoms with Crippen LogP contribution in [0.5, 0.6) is 0 Å². The number of benzene rings is 1. The molecule has 2 rings (SSSR count). The summed E-state index contributed by atoms with van der Waals surface area (Å²) in [5, 5.41) is -0.0245. The van der Waals surface area contributed by atoms with E-state index in [0.29, 0.717) is 11.0 Å². The van der Waals surface area contributed by atoms with Crippen molar-refractivity contribution >= 4 is 34.5 Å². The summed E-state index contributed by atoms with van der Waals surface area (Å²) >= 11 is 5.78. The number of hydrogen-bond donors (Lipinski definition) is 2. The highest BCUT2D eigenvalue weighted by atomic mass is 35.5. The summed E-state index contributed by atoms with van der Waals surface area (Å²) in [6.07, 6.45) is 0.0810. The van der Waals surface area contributed by atoms with Gasteiger partial charge in [0.2, 0.25) is 11.9 Å². The van der Waals surface area contributed by atoms with Gasteiger partial charge in [0.05, 0.1) is 21.6 Å². The Hall–Kier alpha value is -1.82. The molecule has 0 unspecified atom stereocenters. The first-order valence-corrected chi connectivity index (χ1v) is 6.02. The lowest BCUT2D eigenvalue weighted by Crippen LogP contribution is -2.33. The van der Waals surface area contributed by atoms with Crippen molar-refractivity contribution in [3.63, 3.8) is 0 Å². The van der Waals surface area contributed by atoms with Crippen molar-refractivity contribution in [3.05, 3.63) is 23.0 Å². The molecule has 4 N–H and O–H groups in total. The van der Waals surface area contributed by atoms with Crippen LogP contribution in [-0.4, -0.2) is 15.5 Å². The van der Waals surface area contributed by atoms with Crippen molar-refractivity contribution in [1.29, 1.82) is 0 Å². The standard InChI is InChI=1S/C12H14ClFN4O/c1-12(2,5-10(15)19)18-9-3-6(13)7(14)4-8(9)17-11(18)16/h3-4H,5H2,1-2H3,(H2,15,19)(H2,16,17). The zero-order valence-corrected chi connectivity index (χ0v) is 11.3. The lowest BCUT2D eigenvalue weighted by atomic mass is 9.99. The van der Waals surface area contributed by atoms with Crippen LogP contribution in [0.25, 0.3) is 11.0 Å². The molecule has 1 amide bonds. The number of nitrogen functional groups attached to an aromatic ring is 1. The van der Waals surface area contributed by atoms with Gasteiger partial charge in [-0.2, -0.15) is 0 Å². The lowest BCUT2D eigenvalue weighted by Gasteiger charge is -2.27. The number of fused-ring (bicyclic) bond motifs is 1. The van der Waals surface area contributed by atoms with E-state index in [-0.39, 0.29) is 17.4 Å². The highest BCUT2D eigenvalue weighted by molar-refractivity contribution is 6.31. The minimum absolute atomic E-state index is 0.0245. The molecule has 0 saturated carbocycles. The fourth-order valence-electron chi connectivity index (χ4n) is 2.23. The number of rotatable bonds is 3. The van der Waals surface area contributed by atoms with Crippen molar-refractivity contribution in [2.24, 2.45) is 5.73 Å². The third-order valence-corrected chi connectivity index (χ3v) is 3.22. The van der Waals surface area contributed by atoms with Gasteiger partial charge in [-0.1, -0.05) is 11.6 Å². The number of imidazole rings is 1. The van der Waals surface area contributed by atoms with Crippen molar-refractivity contribution in [2.75, 3.05) is 5.73 Å². The molecular weight excluding hydrogens is 271 g/mol. The number of primary amides is 1. The SMILES string of the molecule is CC(C)(CC(N)=O)n1c(N)nc2cc(F)c(Cl)cc21. The van der Waals surface area contributed by atoms with Crippen LogP contribution < -0.4 is 11.5 Å². The van der Waals surface area contributed by atoms with E-state index in [1.54, 1.807) is 18.4 Å². The predicted molar refractivity (Wildman–Crippen MR) is 72.2 cm³/mol. The quantitative estimate of drug-likeness (QED) is 0.904. The molecule has 1 aromatic heterocycles.